The Morgan fingerprint density at radius 3 is 2.42 bits per heavy atom. The zero-order valence-electron chi connectivity index (χ0n) is 15.6. The summed E-state index contributed by atoms with van der Waals surface area (Å²) >= 11 is 0. The van der Waals surface area contributed by atoms with Gasteiger partial charge in [-0.1, -0.05) is 12.1 Å². The molecule has 0 spiro atoms. The van der Waals surface area contributed by atoms with Gasteiger partial charge in [-0.3, -0.25) is 4.79 Å². The van der Waals surface area contributed by atoms with Crippen LogP contribution in [0.5, 0.6) is 5.75 Å². The average Bonchev–Trinajstić information content (AvgIpc) is 2.62. The molecule has 0 unspecified atom stereocenters. The molecule has 6 nitrogen and oxygen atoms in total. The SMILES string of the molecule is C[C@H]1CCCCN1C(=O)c1ccccc1OC1CCN(S(C)(=O)=O)CC1. The van der Waals surface area contributed by atoms with Gasteiger partial charge < -0.3 is 9.64 Å². The Morgan fingerprint density at radius 1 is 1.08 bits per heavy atom. The third-order valence-corrected chi connectivity index (χ3v) is 6.65. The van der Waals surface area contributed by atoms with E-state index in [0.717, 1.165) is 19.4 Å². The number of hydrogen-bond donors (Lipinski definition) is 0. The molecule has 7 heteroatoms. The van der Waals surface area contributed by atoms with Crippen LogP contribution in [-0.4, -0.2) is 61.6 Å². The molecule has 2 aliphatic heterocycles. The van der Waals surface area contributed by atoms with Crippen LogP contribution in [0.25, 0.3) is 0 Å². The second-order valence-corrected chi connectivity index (χ2v) is 9.30. The van der Waals surface area contributed by atoms with Crippen molar-refractivity contribution in [2.75, 3.05) is 25.9 Å². The van der Waals surface area contributed by atoms with E-state index in [1.54, 1.807) is 0 Å². The Hall–Kier alpha value is -1.60. The van der Waals surface area contributed by atoms with Crippen molar-refractivity contribution in [3.05, 3.63) is 29.8 Å². The number of benzene rings is 1. The molecule has 2 saturated heterocycles. The number of piperidine rings is 2. The molecule has 1 aromatic carbocycles. The van der Waals surface area contributed by atoms with Crippen molar-refractivity contribution in [3.63, 3.8) is 0 Å². The van der Waals surface area contributed by atoms with Gasteiger partial charge in [-0.25, -0.2) is 12.7 Å². The van der Waals surface area contributed by atoms with Gasteiger partial charge in [0.1, 0.15) is 11.9 Å². The van der Waals surface area contributed by atoms with Crippen LogP contribution in [0.15, 0.2) is 24.3 Å². The van der Waals surface area contributed by atoms with Gasteiger partial charge in [-0.2, -0.15) is 0 Å². The third-order valence-electron chi connectivity index (χ3n) is 5.34. The van der Waals surface area contributed by atoms with Gasteiger partial charge in [-0.05, 0) is 51.2 Å². The minimum atomic E-state index is -3.15. The van der Waals surface area contributed by atoms with E-state index in [0.29, 0.717) is 37.2 Å². The van der Waals surface area contributed by atoms with Gasteiger partial charge in [0.05, 0.1) is 11.8 Å². The quantitative estimate of drug-likeness (QED) is 0.805. The minimum Gasteiger partial charge on any atom is -0.489 e. The molecular formula is C19H28N2O4S. The minimum absolute atomic E-state index is 0.0290. The summed E-state index contributed by atoms with van der Waals surface area (Å²) in [7, 11) is -3.15. The van der Waals surface area contributed by atoms with Gasteiger partial charge in [-0.15, -0.1) is 0 Å². The molecule has 144 valence electrons. The van der Waals surface area contributed by atoms with E-state index in [4.69, 9.17) is 4.74 Å². The van der Waals surface area contributed by atoms with Crippen LogP contribution >= 0.6 is 0 Å². The second kappa shape index (κ2) is 7.96. The van der Waals surface area contributed by atoms with Crippen LogP contribution in [0, 0.1) is 0 Å². The lowest BCUT2D eigenvalue weighted by Crippen LogP contribution is -2.43. The smallest absolute Gasteiger partial charge is 0.257 e. The van der Waals surface area contributed by atoms with E-state index in [-0.39, 0.29) is 18.1 Å². The van der Waals surface area contributed by atoms with Crippen LogP contribution in [0.4, 0.5) is 0 Å². The molecule has 1 aromatic rings. The lowest BCUT2D eigenvalue weighted by molar-refractivity contribution is 0.0625. The van der Waals surface area contributed by atoms with Crippen molar-refractivity contribution in [2.45, 2.75) is 51.2 Å². The maximum absolute atomic E-state index is 13.0. The fourth-order valence-corrected chi connectivity index (χ4v) is 4.64. The van der Waals surface area contributed by atoms with Crippen LogP contribution in [0.1, 0.15) is 49.4 Å². The highest BCUT2D eigenvalue weighted by molar-refractivity contribution is 7.88. The fourth-order valence-electron chi connectivity index (χ4n) is 3.76. The van der Waals surface area contributed by atoms with Crippen LogP contribution in [-0.2, 0) is 10.0 Å². The molecule has 2 fully saturated rings. The topological polar surface area (TPSA) is 66.9 Å². The molecule has 0 bridgehead atoms. The monoisotopic (exact) mass is 380 g/mol. The summed E-state index contributed by atoms with van der Waals surface area (Å²) in [6, 6.07) is 7.65. The molecule has 1 atom stereocenters. The number of likely N-dealkylation sites (tertiary alicyclic amines) is 1. The maximum atomic E-state index is 13.0. The predicted molar refractivity (Wildman–Crippen MR) is 101 cm³/mol. The summed E-state index contributed by atoms with van der Waals surface area (Å²) in [5.41, 5.74) is 0.604. The number of hydrogen-bond acceptors (Lipinski definition) is 4. The number of carbonyl (C=O) groups excluding carboxylic acids is 1. The predicted octanol–water partition coefficient (Wildman–Crippen LogP) is 2.50. The highest BCUT2D eigenvalue weighted by Gasteiger charge is 2.29. The van der Waals surface area contributed by atoms with E-state index < -0.39 is 10.0 Å². The number of sulfonamides is 1. The highest BCUT2D eigenvalue weighted by atomic mass is 32.2. The second-order valence-electron chi connectivity index (χ2n) is 7.32. The van der Waals surface area contributed by atoms with Gasteiger partial charge in [0.25, 0.3) is 5.91 Å². The summed E-state index contributed by atoms with van der Waals surface area (Å²) in [4.78, 5) is 15.0. The Morgan fingerprint density at radius 2 is 1.77 bits per heavy atom. The zero-order chi connectivity index (χ0) is 18.7. The lowest BCUT2D eigenvalue weighted by Gasteiger charge is -2.34. The zero-order valence-corrected chi connectivity index (χ0v) is 16.4. The normalized spacial score (nSPS) is 23.0. The van der Waals surface area contributed by atoms with E-state index >= 15 is 0 Å². The van der Waals surface area contributed by atoms with Crippen molar-refractivity contribution in [1.82, 2.24) is 9.21 Å². The Labute approximate surface area is 156 Å². The fraction of sp³-hybridized carbons (Fsp3) is 0.632. The van der Waals surface area contributed by atoms with E-state index in [1.165, 1.54) is 17.0 Å². The van der Waals surface area contributed by atoms with E-state index in [1.807, 2.05) is 29.2 Å². The summed E-state index contributed by atoms with van der Waals surface area (Å²) in [5, 5.41) is 0. The third kappa shape index (κ3) is 4.38. The van der Waals surface area contributed by atoms with Gasteiger partial charge in [0, 0.05) is 25.7 Å². The number of ether oxygens (including phenoxy) is 1. The standard InChI is InChI=1S/C19H28N2O4S/c1-15-7-5-6-12-21(15)19(22)17-8-3-4-9-18(17)25-16-10-13-20(14-11-16)26(2,23)24/h3-4,8-9,15-16H,5-7,10-14H2,1-2H3/t15-/m0/s1. The number of para-hydroxylation sites is 1. The first kappa shape index (κ1) is 19.2. The molecule has 0 aromatic heterocycles. The summed E-state index contributed by atoms with van der Waals surface area (Å²) < 4.78 is 30.9. The number of amides is 1. The average molecular weight is 381 g/mol. The molecule has 26 heavy (non-hydrogen) atoms. The van der Waals surface area contributed by atoms with Crippen molar-refractivity contribution in [2.24, 2.45) is 0 Å². The van der Waals surface area contributed by atoms with Crippen LogP contribution < -0.4 is 4.74 Å². The first-order valence-electron chi connectivity index (χ1n) is 9.38. The molecule has 0 N–H and O–H groups in total. The summed E-state index contributed by atoms with van der Waals surface area (Å²) in [6.07, 6.45) is 5.69. The number of nitrogens with zero attached hydrogens (tertiary/aromatic N) is 2. The molecule has 0 saturated carbocycles. The Balaban J connectivity index is 1.69. The molecule has 2 heterocycles. The molecule has 0 aliphatic carbocycles. The first-order valence-corrected chi connectivity index (χ1v) is 11.2. The van der Waals surface area contributed by atoms with Crippen molar-refractivity contribution in [1.29, 1.82) is 0 Å². The number of carbonyl (C=O) groups is 1. The van der Waals surface area contributed by atoms with Crippen molar-refractivity contribution in [3.8, 4) is 5.75 Å². The van der Waals surface area contributed by atoms with Gasteiger partial charge >= 0.3 is 0 Å². The molecule has 2 aliphatic rings. The van der Waals surface area contributed by atoms with Crippen LogP contribution in [0.3, 0.4) is 0 Å². The first-order chi connectivity index (χ1) is 12.4. The molecule has 1 amide bonds. The van der Waals surface area contributed by atoms with E-state index in [2.05, 4.69) is 6.92 Å². The van der Waals surface area contributed by atoms with Crippen molar-refractivity contribution < 1.29 is 17.9 Å². The van der Waals surface area contributed by atoms with Gasteiger partial charge in [0.15, 0.2) is 0 Å². The lowest BCUT2D eigenvalue weighted by atomic mass is 10.0. The van der Waals surface area contributed by atoms with E-state index in [9.17, 15) is 13.2 Å². The Bertz CT molecular complexity index is 742. The molecular weight excluding hydrogens is 352 g/mol. The number of rotatable bonds is 4. The summed E-state index contributed by atoms with van der Waals surface area (Å²) in [5.74, 6) is 0.634. The largest absolute Gasteiger partial charge is 0.489 e. The van der Waals surface area contributed by atoms with Crippen molar-refractivity contribution >= 4 is 15.9 Å². The Kier molecular flexibility index (Phi) is 5.87. The van der Waals surface area contributed by atoms with Crippen LogP contribution in [0.2, 0.25) is 0 Å². The summed E-state index contributed by atoms with van der Waals surface area (Å²) in [6.45, 7) is 3.81. The van der Waals surface area contributed by atoms with Gasteiger partial charge in [0.2, 0.25) is 10.0 Å². The highest BCUT2D eigenvalue weighted by Crippen LogP contribution is 2.27. The molecule has 3 rings (SSSR count). The maximum Gasteiger partial charge on any atom is 0.257 e. The molecule has 0 radical (unpaired) electrons.